The van der Waals surface area contributed by atoms with Crippen molar-refractivity contribution in [2.45, 2.75) is 42.7 Å². The zero-order valence-corrected chi connectivity index (χ0v) is 7.17. The predicted octanol–water partition coefficient (Wildman–Crippen LogP) is -1.32. The van der Waals surface area contributed by atoms with Crippen LogP contribution in [0.2, 0.25) is 0 Å². The van der Waals surface area contributed by atoms with Crippen molar-refractivity contribution in [3.8, 4) is 0 Å². The number of epoxide rings is 2. The highest BCUT2D eigenvalue weighted by atomic mass is 16.7. The molecule has 0 spiro atoms. The quantitative estimate of drug-likeness (QED) is 0.413. The van der Waals surface area contributed by atoms with E-state index < -0.39 is 23.5 Å². The fraction of sp³-hybridized carbons (Fsp3) is 0.875. The summed E-state index contributed by atoms with van der Waals surface area (Å²) in [6.45, 7) is 4.94. The van der Waals surface area contributed by atoms with E-state index in [1.54, 1.807) is 0 Å². The SMILES string of the molecule is C=NC12OC1C(O)(C(C)O)C1OC12. The van der Waals surface area contributed by atoms with E-state index in [0.717, 1.165) is 0 Å². The normalized spacial score (nSPS) is 63.8. The monoisotopic (exact) mass is 185 g/mol. The molecule has 2 heterocycles. The Labute approximate surface area is 75.0 Å². The average molecular weight is 185 g/mol. The lowest BCUT2D eigenvalue weighted by Gasteiger charge is -2.25. The lowest BCUT2D eigenvalue weighted by atomic mass is 9.94. The number of hydrogen-bond acceptors (Lipinski definition) is 5. The number of aliphatic imine (C=N–C) groups is 1. The molecule has 2 aliphatic heterocycles. The summed E-state index contributed by atoms with van der Waals surface area (Å²) in [6, 6.07) is 0. The smallest absolute Gasteiger partial charge is 0.217 e. The highest BCUT2D eigenvalue weighted by Gasteiger charge is 2.89. The van der Waals surface area contributed by atoms with E-state index in [0.29, 0.717) is 0 Å². The fourth-order valence-electron chi connectivity index (χ4n) is 2.39. The molecule has 1 aliphatic carbocycles. The third-order valence-corrected chi connectivity index (χ3v) is 3.32. The standard InChI is InChI=1S/C8H11NO4/c1-3(10)7(11)4-5(12-4)8(9-2)6(7)13-8/h3-6,10-11H,2H2,1H3. The molecule has 0 aromatic heterocycles. The van der Waals surface area contributed by atoms with Crippen molar-refractivity contribution in [3.63, 3.8) is 0 Å². The summed E-state index contributed by atoms with van der Waals surface area (Å²) in [4.78, 5) is 3.83. The van der Waals surface area contributed by atoms with Gasteiger partial charge in [0.1, 0.15) is 23.9 Å². The van der Waals surface area contributed by atoms with Crippen LogP contribution < -0.4 is 0 Å². The second-order valence-electron chi connectivity index (χ2n) is 3.95. The Hall–Kier alpha value is -0.490. The summed E-state index contributed by atoms with van der Waals surface area (Å²) in [5.41, 5.74) is -2.07. The minimum atomic E-state index is -1.30. The van der Waals surface area contributed by atoms with Crippen LogP contribution >= 0.6 is 0 Å². The fourth-order valence-corrected chi connectivity index (χ4v) is 2.39. The molecule has 6 atom stereocenters. The van der Waals surface area contributed by atoms with Gasteiger partial charge in [-0.3, -0.25) is 4.99 Å². The van der Waals surface area contributed by atoms with Crippen LogP contribution in [0.25, 0.3) is 0 Å². The first-order chi connectivity index (χ1) is 6.07. The predicted molar refractivity (Wildman–Crippen MR) is 42.4 cm³/mol. The van der Waals surface area contributed by atoms with Crippen molar-refractivity contribution in [2.24, 2.45) is 4.99 Å². The van der Waals surface area contributed by atoms with Gasteiger partial charge in [-0.05, 0) is 13.6 Å². The van der Waals surface area contributed by atoms with Gasteiger partial charge in [-0.1, -0.05) is 0 Å². The molecular weight excluding hydrogens is 174 g/mol. The summed E-state index contributed by atoms with van der Waals surface area (Å²) in [6.07, 6.45) is -1.87. The van der Waals surface area contributed by atoms with Crippen LogP contribution in [0.15, 0.2) is 4.99 Å². The molecule has 2 N–H and O–H groups in total. The maximum absolute atomic E-state index is 10.1. The van der Waals surface area contributed by atoms with Gasteiger partial charge >= 0.3 is 0 Å². The van der Waals surface area contributed by atoms with Crippen molar-refractivity contribution < 1.29 is 19.7 Å². The molecule has 72 valence electrons. The van der Waals surface area contributed by atoms with E-state index in [9.17, 15) is 10.2 Å². The highest BCUT2D eigenvalue weighted by molar-refractivity contribution is 5.39. The molecule has 3 rings (SSSR count). The number of rotatable bonds is 2. The van der Waals surface area contributed by atoms with Crippen molar-refractivity contribution >= 4 is 6.72 Å². The summed E-state index contributed by atoms with van der Waals surface area (Å²) < 4.78 is 10.5. The van der Waals surface area contributed by atoms with Crippen LogP contribution in [-0.4, -0.2) is 52.7 Å². The largest absolute Gasteiger partial charge is 0.390 e. The molecule has 3 aliphatic rings. The number of aliphatic hydroxyl groups is 2. The van der Waals surface area contributed by atoms with Gasteiger partial charge in [0, 0.05) is 0 Å². The number of hydrogen-bond donors (Lipinski definition) is 2. The highest BCUT2D eigenvalue weighted by Crippen LogP contribution is 2.65. The molecule has 3 fully saturated rings. The zero-order chi connectivity index (χ0) is 9.43. The minimum absolute atomic E-state index is 0.213. The Morgan fingerprint density at radius 2 is 2.23 bits per heavy atom. The van der Waals surface area contributed by atoms with Gasteiger partial charge in [-0.15, -0.1) is 0 Å². The van der Waals surface area contributed by atoms with Crippen LogP contribution in [0.5, 0.6) is 0 Å². The van der Waals surface area contributed by atoms with E-state index in [2.05, 4.69) is 11.7 Å². The molecule has 6 unspecified atom stereocenters. The molecule has 5 heteroatoms. The minimum Gasteiger partial charge on any atom is -0.390 e. The lowest BCUT2D eigenvalue weighted by molar-refractivity contribution is -0.0980. The molecule has 0 aromatic rings. The molecule has 1 saturated carbocycles. The van der Waals surface area contributed by atoms with Gasteiger partial charge in [-0.25, -0.2) is 0 Å². The molecule has 5 nitrogen and oxygen atoms in total. The Bertz CT molecular complexity index is 294. The number of ether oxygens (including phenoxy) is 2. The van der Waals surface area contributed by atoms with Gasteiger partial charge in [0.05, 0.1) is 6.10 Å². The molecule has 13 heavy (non-hydrogen) atoms. The summed E-state index contributed by atoms with van der Waals surface area (Å²) in [7, 11) is 0. The topological polar surface area (TPSA) is 77.9 Å². The number of fused-ring (bicyclic) bond motifs is 3. The van der Waals surface area contributed by atoms with Gasteiger partial charge in [0.15, 0.2) is 0 Å². The van der Waals surface area contributed by atoms with Gasteiger partial charge in [0.25, 0.3) is 0 Å². The van der Waals surface area contributed by atoms with E-state index in [-0.39, 0.29) is 12.2 Å². The van der Waals surface area contributed by atoms with E-state index >= 15 is 0 Å². The molecule has 2 saturated heterocycles. The maximum Gasteiger partial charge on any atom is 0.217 e. The summed E-state index contributed by atoms with van der Waals surface area (Å²) in [5.74, 6) is 0. The molecular formula is C8H11NO4. The van der Waals surface area contributed by atoms with Crippen molar-refractivity contribution in [3.05, 3.63) is 0 Å². The molecule has 0 radical (unpaired) electrons. The molecule has 0 aromatic carbocycles. The second kappa shape index (κ2) is 1.81. The van der Waals surface area contributed by atoms with E-state index in [1.807, 2.05) is 0 Å². The first-order valence-electron chi connectivity index (χ1n) is 4.29. The first kappa shape index (κ1) is 7.87. The van der Waals surface area contributed by atoms with Gasteiger partial charge in [0.2, 0.25) is 5.72 Å². The van der Waals surface area contributed by atoms with Crippen LogP contribution in [0, 0.1) is 0 Å². The Morgan fingerprint density at radius 3 is 2.62 bits per heavy atom. The molecule has 0 bridgehead atoms. The van der Waals surface area contributed by atoms with E-state index in [4.69, 9.17) is 9.47 Å². The van der Waals surface area contributed by atoms with Crippen LogP contribution in [-0.2, 0) is 9.47 Å². The van der Waals surface area contributed by atoms with Gasteiger partial charge in [-0.2, -0.15) is 0 Å². The Kier molecular flexibility index (Phi) is 1.10. The Balaban J connectivity index is 2.00. The van der Waals surface area contributed by atoms with E-state index in [1.165, 1.54) is 6.92 Å². The lowest BCUT2D eigenvalue weighted by Crippen LogP contribution is -2.49. The van der Waals surface area contributed by atoms with Gasteiger partial charge < -0.3 is 19.7 Å². The first-order valence-corrected chi connectivity index (χ1v) is 4.29. The second-order valence-corrected chi connectivity index (χ2v) is 3.95. The van der Waals surface area contributed by atoms with Crippen molar-refractivity contribution in [1.29, 1.82) is 0 Å². The molecule has 0 amide bonds. The van der Waals surface area contributed by atoms with Crippen LogP contribution in [0.1, 0.15) is 6.92 Å². The number of aliphatic hydroxyl groups excluding tert-OH is 1. The third kappa shape index (κ3) is 0.604. The van der Waals surface area contributed by atoms with Crippen LogP contribution in [0.3, 0.4) is 0 Å². The number of nitrogens with zero attached hydrogens (tertiary/aromatic N) is 1. The van der Waals surface area contributed by atoms with Crippen molar-refractivity contribution in [2.75, 3.05) is 0 Å². The van der Waals surface area contributed by atoms with Crippen molar-refractivity contribution in [1.82, 2.24) is 0 Å². The Morgan fingerprint density at radius 1 is 1.54 bits per heavy atom. The average Bonchev–Trinajstić information content (AvgIpc) is 2.95. The summed E-state index contributed by atoms with van der Waals surface area (Å²) in [5, 5.41) is 19.5. The zero-order valence-electron chi connectivity index (χ0n) is 7.17. The third-order valence-electron chi connectivity index (χ3n) is 3.32. The maximum atomic E-state index is 10.1. The van der Waals surface area contributed by atoms with Crippen LogP contribution in [0.4, 0.5) is 0 Å². The summed E-state index contributed by atoms with van der Waals surface area (Å²) >= 11 is 0.